The number of thiophene rings is 1. The molecule has 0 bridgehead atoms. The molecular weight excluding hydrogens is 242 g/mol. The van der Waals surface area contributed by atoms with E-state index in [-0.39, 0.29) is 0 Å². The summed E-state index contributed by atoms with van der Waals surface area (Å²) in [7, 11) is 0. The fraction of sp³-hybridized carbons (Fsp3) is 0.467. The Morgan fingerprint density at radius 2 is 2.06 bits per heavy atom. The minimum Gasteiger partial charge on any atom is -0.469 e. The minimum absolute atomic E-state index is 0.408. The van der Waals surface area contributed by atoms with Crippen molar-refractivity contribution >= 4 is 11.3 Å². The van der Waals surface area contributed by atoms with Crippen LogP contribution in [0.25, 0.3) is 0 Å². The zero-order valence-electron chi connectivity index (χ0n) is 11.2. The molecule has 0 fully saturated rings. The van der Waals surface area contributed by atoms with Gasteiger partial charge in [0.25, 0.3) is 0 Å². The molecule has 0 aliphatic carbocycles. The average molecular weight is 263 g/mol. The molecule has 0 aromatic carbocycles. The molecule has 1 N–H and O–H groups in total. The lowest BCUT2D eigenvalue weighted by atomic mass is 10.0. The highest BCUT2D eigenvalue weighted by molar-refractivity contribution is 7.10. The first-order valence-corrected chi connectivity index (χ1v) is 7.36. The molecule has 98 valence electrons. The van der Waals surface area contributed by atoms with E-state index in [0.29, 0.717) is 18.0 Å². The largest absolute Gasteiger partial charge is 0.469 e. The molecule has 0 aliphatic heterocycles. The van der Waals surface area contributed by atoms with Gasteiger partial charge in [0.2, 0.25) is 0 Å². The summed E-state index contributed by atoms with van der Waals surface area (Å²) in [6.07, 6.45) is 2.67. The van der Waals surface area contributed by atoms with Crippen molar-refractivity contribution in [3.8, 4) is 0 Å². The Hall–Kier alpha value is -1.06. The molecule has 2 nitrogen and oxygen atoms in total. The van der Waals surface area contributed by atoms with Crippen molar-refractivity contribution in [3.63, 3.8) is 0 Å². The zero-order chi connectivity index (χ0) is 13.0. The number of rotatable bonds is 6. The van der Waals surface area contributed by atoms with E-state index >= 15 is 0 Å². The first-order chi connectivity index (χ1) is 8.66. The lowest BCUT2D eigenvalue weighted by Crippen LogP contribution is -2.34. The van der Waals surface area contributed by atoms with E-state index in [0.717, 1.165) is 12.2 Å². The molecular formula is C15H21NOS. The summed E-state index contributed by atoms with van der Waals surface area (Å²) in [5, 5.41) is 5.85. The monoisotopic (exact) mass is 263 g/mol. The van der Waals surface area contributed by atoms with Crippen molar-refractivity contribution in [1.82, 2.24) is 5.32 Å². The maximum absolute atomic E-state index is 5.40. The lowest BCUT2D eigenvalue weighted by molar-refractivity contribution is 0.359. The smallest absolute Gasteiger partial charge is 0.105 e. The van der Waals surface area contributed by atoms with Gasteiger partial charge in [-0.05, 0) is 36.4 Å². The highest BCUT2D eigenvalue weighted by Crippen LogP contribution is 2.26. The second-order valence-corrected chi connectivity index (χ2v) is 6.07. The fourth-order valence-electron chi connectivity index (χ4n) is 2.17. The number of nitrogens with one attached hydrogen (secondary N) is 1. The molecule has 0 spiro atoms. The van der Waals surface area contributed by atoms with E-state index in [1.165, 1.54) is 4.88 Å². The Morgan fingerprint density at radius 3 is 2.61 bits per heavy atom. The molecule has 0 saturated heterocycles. The van der Waals surface area contributed by atoms with E-state index in [1.54, 1.807) is 6.26 Å². The molecule has 3 heteroatoms. The minimum atomic E-state index is 0.408. The van der Waals surface area contributed by atoms with Crippen LogP contribution in [0.5, 0.6) is 0 Å². The fourth-order valence-corrected chi connectivity index (χ4v) is 3.13. The van der Waals surface area contributed by atoms with Gasteiger partial charge in [-0.1, -0.05) is 19.9 Å². The van der Waals surface area contributed by atoms with Gasteiger partial charge in [0, 0.05) is 23.4 Å². The third-order valence-corrected chi connectivity index (χ3v) is 4.02. The van der Waals surface area contributed by atoms with Crippen LogP contribution in [0.2, 0.25) is 0 Å². The van der Waals surface area contributed by atoms with E-state index in [2.05, 4.69) is 43.6 Å². The molecule has 0 aliphatic rings. The highest BCUT2D eigenvalue weighted by atomic mass is 32.1. The first-order valence-electron chi connectivity index (χ1n) is 6.48. The van der Waals surface area contributed by atoms with Crippen molar-refractivity contribution in [3.05, 3.63) is 46.5 Å². The van der Waals surface area contributed by atoms with Gasteiger partial charge in [0.05, 0.1) is 6.26 Å². The molecule has 0 radical (unpaired) electrons. The first kappa shape index (κ1) is 13.4. The van der Waals surface area contributed by atoms with Crippen LogP contribution in [0.1, 0.15) is 37.5 Å². The molecule has 0 amide bonds. The van der Waals surface area contributed by atoms with Gasteiger partial charge in [0.15, 0.2) is 0 Å². The quantitative estimate of drug-likeness (QED) is 0.842. The molecule has 0 saturated carbocycles. The maximum atomic E-state index is 5.40. The summed E-state index contributed by atoms with van der Waals surface area (Å²) in [4.78, 5) is 1.41. The van der Waals surface area contributed by atoms with E-state index in [4.69, 9.17) is 4.42 Å². The van der Waals surface area contributed by atoms with Crippen LogP contribution >= 0.6 is 11.3 Å². The van der Waals surface area contributed by atoms with Crippen molar-refractivity contribution < 1.29 is 4.42 Å². The molecule has 2 unspecified atom stereocenters. The molecule has 2 rings (SSSR count). The number of hydrogen-bond acceptors (Lipinski definition) is 3. The summed E-state index contributed by atoms with van der Waals surface area (Å²) in [5.41, 5.74) is 0. The van der Waals surface area contributed by atoms with Crippen molar-refractivity contribution in [2.24, 2.45) is 5.92 Å². The van der Waals surface area contributed by atoms with E-state index in [9.17, 15) is 0 Å². The Bertz CT molecular complexity index is 433. The van der Waals surface area contributed by atoms with Crippen LogP contribution in [0, 0.1) is 5.92 Å². The molecule has 18 heavy (non-hydrogen) atoms. The maximum Gasteiger partial charge on any atom is 0.105 e. The van der Waals surface area contributed by atoms with Crippen LogP contribution in [0.4, 0.5) is 0 Å². The Morgan fingerprint density at radius 1 is 1.22 bits per heavy atom. The van der Waals surface area contributed by atoms with Gasteiger partial charge in [-0.25, -0.2) is 0 Å². The normalized spacial score (nSPS) is 14.9. The highest BCUT2D eigenvalue weighted by Gasteiger charge is 2.19. The topological polar surface area (TPSA) is 25.2 Å². The van der Waals surface area contributed by atoms with Crippen LogP contribution < -0.4 is 5.32 Å². The standard InChI is InChI=1S/C15H21NOS/c1-11(2)15(14-7-5-9-18-14)16-12(3)10-13-6-4-8-17-13/h4-9,11-12,15-16H,10H2,1-3H3. The predicted octanol–water partition coefficient (Wildman–Crippen LogP) is 4.26. The molecule has 2 aromatic rings. The third-order valence-electron chi connectivity index (χ3n) is 3.07. The van der Waals surface area contributed by atoms with Crippen molar-refractivity contribution in [2.45, 2.75) is 39.3 Å². The molecule has 2 atom stereocenters. The Balaban J connectivity index is 1.97. The van der Waals surface area contributed by atoms with Crippen LogP contribution in [-0.4, -0.2) is 6.04 Å². The SMILES string of the molecule is CC(Cc1ccco1)NC(c1cccs1)C(C)C. The van der Waals surface area contributed by atoms with E-state index < -0.39 is 0 Å². The van der Waals surface area contributed by atoms with Gasteiger partial charge < -0.3 is 9.73 Å². The van der Waals surface area contributed by atoms with Gasteiger partial charge >= 0.3 is 0 Å². The van der Waals surface area contributed by atoms with Crippen LogP contribution in [0.3, 0.4) is 0 Å². The van der Waals surface area contributed by atoms with E-state index in [1.807, 2.05) is 23.5 Å². The van der Waals surface area contributed by atoms with Crippen molar-refractivity contribution in [1.29, 1.82) is 0 Å². The van der Waals surface area contributed by atoms with Crippen molar-refractivity contribution in [2.75, 3.05) is 0 Å². The van der Waals surface area contributed by atoms with Gasteiger partial charge in [-0.2, -0.15) is 0 Å². The summed E-state index contributed by atoms with van der Waals surface area (Å²) in [6, 6.07) is 9.14. The van der Waals surface area contributed by atoms with Gasteiger partial charge in [0.1, 0.15) is 5.76 Å². The number of furan rings is 1. The summed E-state index contributed by atoms with van der Waals surface area (Å²) < 4.78 is 5.40. The summed E-state index contributed by atoms with van der Waals surface area (Å²) >= 11 is 1.82. The predicted molar refractivity (Wildman–Crippen MR) is 76.9 cm³/mol. The third kappa shape index (κ3) is 3.47. The lowest BCUT2D eigenvalue weighted by Gasteiger charge is -2.25. The van der Waals surface area contributed by atoms with Crippen LogP contribution in [0.15, 0.2) is 40.3 Å². The molecule has 2 heterocycles. The van der Waals surface area contributed by atoms with Crippen LogP contribution in [-0.2, 0) is 6.42 Å². The number of hydrogen-bond donors (Lipinski definition) is 1. The average Bonchev–Trinajstić information content (AvgIpc) is 2.97. The Labute approximate surface area is 113 Å². The molecule has 2 aromatic heterocycles. The second-order valence-electron chi connectivity index (χ2n) is 5.09. The summed E-state index contributed by atoms with van der Waals surface area (Å²) in [5.74, 6) is 1.63. The van der Waals surface area contributed by atoms with Gasteiger partial charge in [-0.3, -0.25) is 0 Å². The summed E-state index contributed by atoms with van der Waals surface area (Å²) in [6.45, 7) is 6.74. The zero-order valence-corrected chi connectivity index (χ0v) is 12.0. The second kappa shape index (κ2) is 6.21. The Kier molecular flexibility index (Phi) is 4.61. The van der Waals surface area contributed by atoms with Gasteiger partial charge in [-0.15, -0.1) is 11.3 Å².